The Morgan fingerprint density at radius 1 is 1.50 bits per heavy atom. The number of carbonyl (C=O) groups excluding carboxylic acids is 1. The van der Waals surface area contributed by atoms with Gasteiger partial charge in [-0.15, -0.1) is 0 Å². The molecule has 2 fully saturated rings. The van der Waals surface area contributed by atoms with E-state index in [1.165, 1.54) is 0 Å². The van der Waals surface area contributed by atoms with Crippen molar-refractivity contribution in [2.45, 2.75) is 25.8 Å². The summed E-state index contributed by atoms with van der Waals surface area (Å²) in [6, 6.07) is 0.534. The van der Waals surface area contributed by atoms with Gasteiger partial charge in [-0.3, -0.25) is 9.69 Å². The average Bonchev–Trinajstić information content (AvgIpc) is 2.47. The molecule has 12 heavy (non-hydrogen) atoms. The Hall–Kier alpha value is -0.570. The number of nitrogens with zero attached hydrogens (tertiary/aromatic N) is 2. The maximum absolute atomic E-state index is 11.3. The molecular formula is C9H16N2O. The van der Waals surface area contributed by atoms with Crippen LogP contribution in [0.2, 0.25) is 0 Å². The number of hydrogen-bond acceptors (Lipinski definition) is 2. The zero-order valence-corrected chi connectivity index (χ0v) is 7.62. The van der Waals surface area contributed by atoms with E-state index in [0.29, 0.717) is 11.9 Å². The summed E-state index contributed by atoms with van der Waals surface area (Å²) in [4.78, 5) is 15.8. The molecule has 2 saturated heterocycles. The van der Waals surface area contributed by atoms with Crippen molar-refractivity contribution in [2.24, 2.45) is 0 Å². The van der Waals surface area contributed by atoms with Crippen molar-refractivity contribution in [2.75, 3.05) is 26.2 Å². The molecule has 2 heterocycles. The lowest BCUT2D eigenvalue weighted by atomic mass is 10.1. The molecule has 1 amide bonds. The van der Waals surface area contributed by atoms with Gasteiger partial charge in [0.1, 0.15) is 0 Å². The van der Waals surface area contributed by atoms with Gasteiger partial charge < -0.3 is 4.90 Å². The minimum absolute atomic E-state index is 0.371. The summed E-state index contributed by atoms with van der Waals surface area (Å²) in [6.45, 7) is 6.43. The third-order valence-corrected chi connectivity index (χ3v) is 3.03. The lowest BCUT2D eigenvalue weighted by Crippen LogP contribution is -2.51. The molecule has 3 heteroatoms. The fraction of sp³-hybridized carbons (Fsp3) is 0.889. The van der Waals surface area contributed by atoms with Crippen LogP contribution in [0, 0.1) is 0 Å². The predicted molar refractivity (Wildman–Crippen MR) is 46.8 cm³/mol. The van der Waals surface area contributed by atoms with Crippen LogP contribution in [0.4, 0.5) is 0 Å². The summed E-state index contributed by atoms with van der Waals surface area (Å²) in [7, 11) is 0. The van der Waals surface area contributed by atoms with Crippen LogP contribution in [-0.4, -0.2) is 47.9 Å². The zero-order valence-electron chi connectivity index (χ0n) is 7.62. The Kier molecular flexibility index (Phi) is 2.05. The van der Waals surface area contributed by atoms with Gasteiger partial charge in [0.15, 0.2) is 0 Å². The Bertz CT molecular complexity index is 193. The van der Waals surface area contributed by atoms with Crippen LogP contribution in [0.25, 0.3) is 0 Å². The number of rotatable bonds is 1. The second kappa shape index (κ2) is 3.05. The highest BCUT2D eigenvalue weighted by Gasteiger charge is 2.34. The SMILES string of the molecule is CCN1CCN2C(=O)CCC2C1. The topological polar surface area (TPSA) is 23.6 Å². The fourth-order valence-electron chi connectivity index (χ4n) is 2.22. The van der Waals surface area contributed by atoms with Gasteiger partial charge in [0.05, 0.1) is 0 Å². The van der Waals surface area contributed by atoms with Gasteiger partial charge in [0, 0.05) is 32.1 Å². The van der Waals surface area contributed by atoms with E-state index in [-0.39, 0.29) is 0 Å². The molecule has 1 unspecified atom stereocenters. The number of hydrogen-bond donors (Lipinski definition) is 0. The van der Waals surface area contributed by atoms with E-state index in [4.69, 9.17) is 0 Å². The summed E-state index contributed by atoms with van der Waals surface area (Å²) in [5.74, 6) is 0.371. The molecule has 0 radical (unpaired) electrons. The molecule has 1 atom stereocenters. The molecule has 2 rings (SSSR count). The zero-order chi connectivity index (χ0) is 8.55. The Balaban J connectivity index is 1.99. The van der Waals surface area contributed by atoms with Gasteiger partial charge >= 0.3 is 0 Å². The third-order valence-electron chi connectivity index (χ3n) is 3.03. The molecule has 0 N–H and O–H groups in total. The number of likely N-dealkylation sites (N-methyl/N-ethyl adjacent to an activating group) is 1. The minimum atomic E-state index is 0.371. The molecule has 0 aliphatic carbocycles. The minimum Gasteiger partial charge on any atom is -0.337 e. The van der Waals surface area contributed by atoms with Crippen LogP contribution in [0.3, 0.4) is 0 Å². The molecule has 0 spiro atoms. The van der Waals surface area contributed by atoms with Crippen molar-refractivity contribution < 1.29 is 4.79 Å². The van der Waals surface area contributed by atoms with Gasteiger partial charge in [-0.25, -0.2) is 0 Å². The van der Waals surface area contributed by atoms with Crippen LogP contribution in [-0.2, 0) is 4.79 Å². The Morgan fingerprint density at radius 3 is 3.08 bits per heavy atom. The first-order chi connectivity index (χ1) is 5.81. The third kappa shape index (κ3) is 1.22. The number of amides is 1. The normalized spacial score (nSPS) is 30.9. The molecule has 3 nitrogen and oxygen atoms in total. The van der Waals surface area contributed by atoms with Gasteiger partial charge in [-0.1, -0.05) is 6.92 Å². The highest BCUT2D eigenvalue weighted by Crippen LogP contribution is 2.22. The van der Waals surface area contributed by atoms with E-state index in [2.05, 4.69) is 16.7 Å². The molecule has 68 valence electrons. The number of piperazine rings is 1. The Labute approximate surface area is 73.3 Å². The van der Waals surface area contributed by atoms with Crippen molar-refractivity contribution in [3.05, 3.63) is 0 Å². The highest BCUT2D eigenvalue weighted by atomic mass is 16.2. The first-order valence-electron chi connectivity index (χ1n) is 4.83. The molecular weight excluding hydrogens is 152 g/mol. The standard InChI is InChI=1S/C9H16N2O/c1-2-10-5-6-11-8(7-10)3-4-9(11)12/h8H,2-7H2,1H3. The van der Waals surface area contributed by atoms with Gasteiger partial charge in [-0.05, 0) is 13.0 Å². The molecule has 0 aromatic heterocycles. The largest absolute Gasteiger partial charge is 0.337 e. The maximum atomic E-state index is 11.3. The highest BCUT2D eigenvalue weighted by molar-refractivity contribution is 5.78. The van der Waals surface area contributed by atoms with E-state index in [0.717, 1.165) is 39.0 Å². The summed E-state index contributed by atoms with van der Waals surface area (Å²) in [6.07, 6.45) is 1.86. The summed E-state index contributed by atoms with van der Waals surface area (Å²) >= 11 is 0. The number of fused-ring (bicyclic) bond motifs is 1. The van der Waals surface area contributed by atoms with Crippen molar-refractivity contribution in [1.29, 1.82) is 0 Å². The molecule has 2 aliphatic heterocycles. The van der Waals surface area contributed by atoms with Crippen LogP contribution >= 0.6 is 0 Å². The second-order valence-corrected chi connectivity index (χ2v) is 3.67. The van der Waals surface area contributed by atoms with E-state index in [9.17, 15) is 4.79 Å². The lowest BCUT2D eigenvalue weighted by molar-refractivity contribution is -0.130. The summed E-state index contributed by atoms with van der Waals surface area (Å²) in [5, 5.41) is 0. The van der Waals surface area contributed by atoms with E-state index < -0.39 is 0 Å². The maximum Gasteiger partial charge on any atom is 0.222 e. The summed E-state index contributed by atoms with van der Waals surface area (Å²) < 4.78 is 0. The lowest BCUT2D eigenvalue weighted by Gasteiger charge is -2.36. The first-order valence-corrected chi connectivity index (χ1v) is 4.83. The van der Waals surface area contributed by atoms with Crippen molar-refractivity contribution in [3.8, 4) is 0 Å². The Morgan fingerprint density at radius 2 is 2.33 bits per heavy atom. The van der Waals surface area contributed by atoms with Gasteiger partial charge in [0.2, 0.25) is 5.91 Å². The van der Waals surface area contributed by atoms with Crippen LogP contribution < -0.4 is 0 Å². The second-order valence-electron chi connectivity index (χ2n) is 3.67. The van der Waals surface area contributed by atoms with Gasteiger partial charge in [-0.2, -0.15) is 0 Å². The van der Waals surface area contributed by atoms with Crippen LogP contribution in [0.1, 0.15) is 19.8 Å². The molecule has 0 aromatic rings. The van der Waals surface area contributed by atoms with E-state index in [1.54, 1.807) is 0 Å². The smallest absolute Gasteiger partial charge is 0.222 e. The van der Waals surface area contributed by atoms with Crippen molar-refractivity contribution in [3.63, 3.8) is 0 Å². The number of carbonyl (C=O) groups is 1. The first kappa shape index (κ1) is 8.05. The molecule has 2 aliphatic rings. The van der Waals surface area contributed by atoms with E-state index >= 15 is 0 Å². The monoisotopic (exact) mass is 168 g/mol. The van der Waals surface area contributed by atoms with Crippen LogP contribution in [0.5, 0.6) is 0 Å². The molecule has 0 saturated carbocycles. The van der Waals surface area contributed by atoms with Crippen molar-refractivity contribution in [1.82, 2.24) is 9.80 Å². The molecule has 0 aromatic carbocycles. The molecule has 0 bridgehead atoms. The fourth-order valence-corrected chi connectivity index (χ4v) is 2.22. The van der Waals surface area contributed by atoms with E-state index in [1.807, 2.05) is 0 Å². The predicted octanol–water partition coefficient (Wildman–Crippen LogP) is 0.313. The van der Waals surface area contributed by atoms with Gasteiger partial charge in [0.25, 0.3) is 0 Å². The van der Waals surface area contributed by atoms with Crippen molar-refractivity contribution >= 4 is 5.91 Å². The average molecular weight is 168 g/mol. The quantitative estimate of drug-likeness (QED) is 0.562. The summed E-state index contributed by atoms with van der Waals surface area (Å²) in [5.41, 5.74) is 0. The van der Waals surface area contributed by atoms with Crippen LogP contribution in [0.15, 0.2) is 0 Å².